The molecule has 5 rings (SSSR count). The Bertz CT molecular complexity index is 1290. The van der Waals surface area contributed by atoms with Crippen molar-refractivity contribution in [3.63, 3.8) is 0 Å². The molecule has 0 bridgehead atoms. The van der Waals surface area contributed by atoms with Gasteiger partial charge in [0, 0.05) is 37.4 Å². The second kappa shape index (κ2) is 11.6. The molecule has 0 spiro atoms. The molecule has 3 aromatic carbocycles. The number of anilines is 1. The van der Waals surface area contributed by atoms with Gasteiger partial charge in [-0.25, -0.2) is 8.42 Å². The summed E-state index contributed by atoms with van der Waals surface area (Å²) in [4.78, 5) is 15.5. The van der Waals surface area contributed by atoms with Gasteiger partial charge < -0.3 is 10.1 Å². The Morgan fingerprint density at radius 3 is 2.30 bits per heavy atom. The Balaban J connectivity index is 1.16. The molecule has 1 atom stereocenters. The summed E-state index contributed by atoms with van der Waals surface area (Å²) in [7, 11) is -3.56. The molecule has 3 aromatic rings. The maximum absolute atomic E-state index is 12.8. The first-order valence-electron chi connectivity index (χ1n) is 12.8. The number of hydrogen-bond acceptors (Lipinski definition) is 5. The SMILES string of the molecule is O=C(Nc1ccc(S(=O)(=O)N2CCOCC2)cc1)c1ccc(CN2CCCC(c3ccccc3)C2)cc1. The molecule has 0 aliphatic carbocycles. The highest BCUT2D eigenvalue weighted by atomic mass is 32.2. The normalized spacial score (nSPS) is 19.4. The van der Waals surface area contributed by atoms with E-state index < -0.39 is 10.0 Å². The molecule has 7 nitrogen and oxygen atoms in total. The molecule has 2 saturated heterocycles. The fourth-order valence-electron chi connectivity index (χ4n) is 5.07. The van der Waals surface area contributed by atoms with Gasteiger partial charge in [0.2, 0.25) is 10.0 Å². The lowest BCUT2D eigenvalue weighted by molar-refractivity contribution is 0.0730. The third-order valence-corrected chi connectivity index (χ3v) is 9.03. The number of morpholine rings is 1. The number of benzene rings is 3. The number of piperidine rings is 1. The fourth-order valence-corrected chi connectivity index (χ4v) is 6.47. The van der Waals surface area contributed by atoms with E-state index in [1.165, 1.54) is 40.4 Å². The summed E-state index contributed by atoms with van der Waals surface area (Å²) in [5.41, 5.74) is 3.71. The van der Waals surface area contributed by atoms with Crippen molar-refractivity contribution in [1.82, 2.24) is 9.21 Å². The Morgan fingerprint density at radius 2 is 1.59 bits per heavy atom. The second-order valence-corrected chi connectivity index (χ2v) is 11.6. The number of carbonyl (C=O) groups is 1. The van der Waals surface area contributed by atoms with Crippen LogP contribution in [0.2, 0.25) is 0 Å². The van der Waals surface area contributed by atoms with E-state index >= 15 is 0 Å². The molecule has 37 heavy (non-hydrogen) atoms. The molecular formula is C29H33N3O4S. The second-order valence-electron chi connectivity index (χ2n) is 9.68. The van der Waals surface area contributed by atoms with Crippen molar-refractivity contribution in [3.05, 3.63) is 95.6 Å². The molecule has 1 unspecified atom stereocenters. The largest absolute Gasteiger partial charge is 0.379 e. The molecule has 8 heteroatoms. The molecule has 2 aliphatic rings. The number of ether oxygens (including phenoxy) is 1. The molecule has 0 radical (unpaired) electrons. The zero-order chi connectivity index (χ0) is 25.7. The van der Waals surface area contributed by atoms with Gasteiger partial charge in [0.05, 0.1) is 18.1 Å². The number of nitrogens with zero attached hydrogens (tertiary/aromatic N) is 2. The first-order chi connectivity index (χ1) is 18.0. The van der Waals surface area contributed by atoms with Gasteiger partial charge in [-0.1, -0.05) is 42.5 Å². The number of amides is 1. The molecular weight excluding hydrogens is 486 g/mol. The Hall–Kier alpha value is -3.04. The Morgan fingerprint density at radius 1 is 0.892 bits per heavy atom. The predicted octanol–water partition coefficient (Wildman–Crippen LogP) is 4.34. The molecule has 1 N–H and O–H groups in total. The van der Waals surface area contributed by atoms with E-state index in [-0.39, 0.29) is 10.8 Å². The van der Waals surface area contributed by atoms with E-state index in [2.05, 4.69) is 40.5 Å². The maximum Gasteiger partial charge on any atom is 0.255 e. The summed E-state index contributed by atoms with van der Waals surface area (Å²) >= 11 is 0. The summed E-state index contributed by atoms with van der Waals surface area (Å²) in [5.74, 6) is 0.340. The van der Waals surface area contributed by atoms with E-state index in [4.69, 9.17) is 4.74 Å². The lowest BCUT2D eigenvalue weighted by atomic mass is 9.90. The third-order valence-electron chi connectivity index (χ3n) is 7.12. The molecule has 0 aromatic heterocycles. The highest BCUT2D eigenvalue weighted by Gasteiger charge is 2.26. The van der Waals surface area contributed by atoms with Gasteiger partial charge in [-0.15, -0.1) is 0 Å². The van der Waals surface area contributed by atoms with Crippen LogP contribution in [-0.2, 0) is 21.3 Å². The minimum Gasteiger partial charge on any atom is -0.379 e. The van der Waals surface area contributed by atoms with E-state index in [0.717, 1.165) is 19.6 Å². The van der Waals surface area contributed by atoms with Crippen LogP contribution in [-0.4, -0.2) is 62.9 Å². The Kier molecular flexibility index (Phi) is 8.00. The highest BCUT2D eigenvalue weighted by Crippen LogP contribution is 2.27. The van der Waals surface area contributed by atoms with Gasteiger partial charge in [-0.2, -0.15) is 4.31 Å². The van der Waals surface area contributed by atoms with Gasteiger partial charge in [0.25, 0.3) is 5.91 Å². The van der Waals surface area contributed by atoms with Crippen LogP contribution in [0.5, 0.6) is 0 Å². The average Bonchev–Trinajstić information content (AvgIpc) is 2.95. The van der Waals surface area contributed by atoms with Crippen molar-refractivity contribution in [2.24, 2.45) is 0 Å². The minimum atomic E-state index is -3.56. The minimum absolute atomic E-state index is 0.212. The van der Waals surface area contributed by atoms with Crippen LogP contribution in [0.1, 0.15) is 40.2 Å². The van der Waals surface area contributed by atoms with Crippen molar-refractivity contribution in [2.45, 2.75) is 30.2 Å². The van der Waals surface area contributed by atoms with Crippen LogP contribution in [0.3, 0.4) is 0 Å². The zero-order valence-electron chi connectivity index (χ0n) is 20.9. The molecule has 194 valence electrons. The lowest BCUT2D eigenvalue weighted by Crippen LogP contribution is -2.40. The maximum atomic E-state index is 12.8. The van der Waals surface area contributed by atoms with Gasteiger partial charge in [-0.05, 0) is 72.8 Å². The van der Waals surface area contributed by atoms with Gasteiger partial charge >= 0.3 is 0 Å². The van der Waals surface area contributed by atoms with E-state index in [0.29, 0.717) is 43.5 Å². The number of sulfonamides is 1. The van der Waals surface area contributed by atoms with Crippen LogP contribution in [0.25, 0.3) is 0 Å². The van der Waals surface area contributed by atoms with E-state index in [9.17, 15) is 13.2 Å². The highest BCUT2D eigenvalue weighted by molar-refractivity contribution is 7.89. The Labute approximate surface area is 219 Å². The van der Waals surface area contributed by atoms with Crippen LogP contribution in [0.4, 0.5) is 5.69 Å². The summed E-state index contributed by atoms with van der Waals surface area (Å²) in [6, 6.07) is 24.8. The molecule has 1 amide bonds. The van der Waals surface area contributed by atoms with E-state index in [1.54, 1.807) is 12.1 Å². The number of rotatable bonds is 7. The van der Waals surface area contributed by atoms with Gasteiger partial charge in [0.15, 0.2) is 0 Å². The van der Waals surface area contributed by atoms with Crippen molar-refractivity contribution < 1.29 is 17.9 Å². The van der Waals surface area contributed by atoms with Crippen molar-refractivity contribution in [3.8, 4) is 0 Å². The molecule has 2 heterocycles. The van der Waals surface area contributed by atoms with Crippen molar-refractivity contribution in [1.29, 1.82) is 0 Å². The van der Waals surface area contributed by atoms with Crippen LogP contribution in [0, 0.1) is 0 Å². The number of likely N-dealkylation sites (tertiary alicyclic amines) is 1. The fraction of sp³-hybridized carbons (Fsp3) is 0.345. The summed E-state index contributed by atoms with van der Waals surface area (Å²) in [6.45, 7) is 4.50. The summed E-state index contributed by atoms with van der Waals surface area (Å²) in [5, 5.41) is 2.86. The van der Waals surface area contributed by atoms with Crippen LogP contribution < -0.4 is 5.32 Å². The molecule has 2 aliphatic heterocycles. The van der Waals surface area contributed by atoms with Crippen LogP contribution in [0.15, 0.2) is 83.8 Å². The first-order valence-corrected chi connectivity index (χ1v) is 14.3. The molecule has 2 fully saturated rings. The average molecular weight is 520 g/mol. The lowest BCUT2D eigenvalue weighted by Gasteiger charge is -2.33. The number of hydrogen-bond donors (Lipinski definition) is 1. The van der Waals surface area contributed by atoms with Crippen molar-refractivity contribution >= 4 is 21.6 Å². The quantitative estimate of drug-likeness (QED) is 0.503. The summed E-state index contributed by atoms with van der Waals surface area (Å²) < 4.78 is 32.2. The number of nitrogens with one attached hydrogen (secondary N) is 1. The monoisotopic (exact) mass is 519 g/mol. The smallest absolute Gasteiger partial charge is 0.255 e. The molecule has 0 saturated carbocycles. The standard InChI is InChI=1S/C29H33N3O4S/c33-29(30-27-12-14-28(15-13-27)37(34,35)32-17-19-36-20-18-32)25-10-8-23(9-11-25)21-31-16-4-7-26(22-31)24-5-2-1-3-6-24/h1-3,5-6,8-15,26H,4,7,16-22H2,(H,30,33). The van der Waals surface area contributed by atoms with Gasteiger partial charge in [0.1, 0.15) is 0 Å². The van der Waals surface area contributed by atoms with Crippen molar-refractivity contribution in [2.75, 3.05) is 44.7 Å². The zero-order valence-corrected chi connectivity index (χ0v) is 21.7. The third kappa shape index (κ3) is 6.27. The van der Waals surface area contributed by atoms with E-state index in [1.807, 2.05) is 24.3 Å². The predicted molar refractivity (Wildman–Crippen MR) is 144 cm³/mol. The van der Waals surface area contributed by atoms with Gasteiger partial charge in [-0.3, -0.25) is 9.69 Å². The van der Waals surface area contributed by atoms with Crippen LogP contribution >= 0.6 is 0 Å². The topological polar surface area (TPSA) is 79.0 Å². The summed E-state index contributed by atoms with van der Waals surface area (Å²) in [6.07, 6.45) is 2.41. The number of carbonyl (C=O) groups excluding carboxylic acids is 1. The first kappa shape index (κ1) is 25.6.